The van der Waals surface area contributed by atoms with Gasteiger partial charge in [0.25, 0.3) is 0 Å². The Bertz CT molecular complexity index is 680. The summed E-state index contributed by atoms with van der Waals surface area (Å²) in [5, 5.41) is 6.43. The number of halogens is 1. The third-order valence-corrected chi connectivity index (χ3v) is 6.19. The third kappa shape index (κ3) is 10.6. The van der Waals surface area contributed by atoms with E-state index >= 15 is 0 Å². The molecule has 9 heteroatoms. The van der Waals surface area contributed by atoms with Crippen molar-refractivity contribution in [1.82, 2.24) is 10.6 Å². The molecule has 1 aromatic rings. The van der Waals surface area contributed by atoms with Crippen molar-refractivity contribution < 1.29 is 17.9 Å². The van der Waals surface area contributed by atoms with Crippen LogP contribution in [0.5, 0.6) is 0 Å². The number of guanidine groups is 1. The van der Waals surface area contributed by atoms with Crippen LogP contribution >= 0.6 is 24.0 Å². The lowest BCUT2D eigenvalue weighted by atomic mass is 10.2. The summed E-state index contributed by atoms with van der Waals surface area (Å²) in [6, 6.07) is 8.55. The van der Waals surface area contributed by atoms with Gasteiger partial charge in [0, 0.05) is 32.8 Å². The van der Waals surface area contributed by atoms with Crippen LogP contribution in [0.3, 0.4) is 0 Å². The van der Waals surface area contributed by atoms with Crippen LogP contribution in [0, 0.1) is 0 Å². The normalized spacial score (nSPS) is 17.0. The summed E-state index contributed by atoms with van der Waals surface area (Å²) in [6.07, 6.45) is 3.84. The van der Waals surface area contributed by atoms with Gasteiger partial charge in [-0.15, -0.1) is 24.0 Å². The summed E-state index contributed by atoms with van der Waals surface area (Å²) in [7, 11) is -3.24. The maximum atomic E-state index is 12.3. The monoisotopic (exact) mass is 539 g/mol. The molecule has 29 heavy (non-hydrogen) atoms. The number of ether oxygens (including phenoxy) is 2. The van der Waals surface area contributed by atoms with Crippen molar-refractivity contribution in [1.29, 1.82) is 0 Å². The van der Waals surface area contributed by atoms with Crippen LogP contribution in [-0.2, 0) is 19.3 Å². The molecule has 1 aliphatic heterocycles. The lowest BCUT2D eigenvalue weighted by molar-refractivity contribution is 0.0168. The highest BCUT2D eigenvalue weighted by molar-refractivity contribution is 14.0. The smallest absolute Gasteiger partial charge is 0.191 e. The molecule has 1 aliphatic rings. The lowest BCUT2D eigenvalue weighted by Gasteiger charge is -2.12. The summed E-state index contributed by atoms with van der Waals surface area (Å²) in [4.78, 5) is 4.83. The molecule has 0 spiro atoms. The average molecular weight is 539 g/mol. The number of hydrogen-bond donors (Lipinski definition) is 2. The zero-order valence-corrected chi connectivity index (χ0v) is 20.3. The predicted octanol–water partition coefficient (Wildman–Crippen LogP) is 2.61. The number of hydrogen-bond acceptors (Lipinski definition) is 5. The van der Waals surface area contributed by atoms with Gasteiger partial charge in [-0.2, -0.15) is 0 Å². The fourth-order valence-corrected chi connectivity index (χ4v) is 4.22. The summed E-state index contributed by atoms with van der Waals surface area (Å²) in [5.74, 6) is 0.801. The Balaban J connectivity index is 0.00000420. The van der Waals surface area contributed by atoms with Gasteiger partial charge in [-0.3, -0.25) is 4.99 Å². The first-order chi connectivity index (χ1) is 13.6. The van der Waals surface area contributed by atoms with E-state index in [1.54, 1.807) is 24.3 Å². The number of nitrogens with one attached hydrogen (secondary N) is 2. The van der Waals surface area contributed by atoms with Crippen LogP contribution in [0.1, 0.15) is 32.6 Å². The minimum Gasteiger partial charge on any atom is -0.379 e. The zero-order valence-electron chi connectivity index (χ0n) is 17.1. The Hall–Kier alpha value is -0.910. The second-order valence-electron chi connectivity index (χ2n) is 6.74. The van der Waals surface area contributed by atoms with Crippen molar-refractivity contribution >= 4 is 39.8 Å². The van der Waals surface area contributed by atoms with E-state index in [0.29, 0.717) is 37.0 Å². The van der Waals surface area contributed by atoms with Gasteiger partial charge in [-0.25, -0.2) is 8.42 Å². The van der Waals surface area contributed by atoms with Crippen molar-refractivity contribution in [3.63, 3.8) is 0 Å². The fraction of sp³-hybridized carbons (Fsp3) is 0.650. The van der Waals surface area contributed by atoms with Crippen LogP contribution in [0.4, 0.5) is 0 Å². The SMILES string of the molecule is CCNC(=NCCCS(=O)(=O)c1ccccc1)NCCCOCC1CCCO1.I. The summed E-state index contributed by atoms with van der Waals surface area (Å²) >= 11 is 0. The molecule has 0 aliphatic carbocycles. The molecule has 0 saturated carbocycles. The second kappa shape index (κ2) is 15.0. The van der Waals surface area contributed by atoms with Gasteiger partial charge < -0.3 is 20.1 Å². The highest BCUT2D eigenvalue weighted by Crippen LogP contribution is 2.12. The number of aliphatic imine (C=N–C) groups is 1. The number of rotatable bonds is 12. The molecular formula is C20H34IN3O4S. The lowest BCUT2D eigenvalue weighted by Crippen LogP contribution is -2.38. The first-order valence-electron chi connectivity index (χ1n) is 10.1. The van der Waals surface area contributed by atoms with Gasteiger partial charge in [-0.05, 0) is 44.7 Å². The molecule has 166 valence electrons. The van der Waals surface area contributed by atoms with Gasteiger partial charge in [-0.1, -0.05) is 18.2 Å². The fourth-order valence-electron chi connectivity index (χ4n) is 2.90. The minimum atomic E-state index is -3.24. The highest BCUT2D eigenvalue weighted by atomic mass is 127. The largest absolute Gasteiger partial charge is 0.379 e. The van der Waals surface area contributed by atoms with E-state index in [1.165, 1.54) is 0 Å². The first kappa shape index (κ1) is 26.1. The van der Waals surface area contributed by atoms with E-state index in [0.717, 1.165) is 39.0 Å². The number of sulfone groups is 1. The summed E-state index contributed by atoms with van der Waals surface area (Å²) < 4.78 is 35.7. The summed E-state index contributed by atoms with van der Waals surface area (Å²) in [5.41, 5.74) is 0. The van der Waals surface area contributed by atoms with Crippen molar-refractivity contribution in [2.75, 3.05) is 45.2 Å². The van der Waals surface area contributed by atoms with Gasteiger partial charge in [0.2, 0.25) is 0 Å². The molecule has 0 radical (unpaired) electrons. The zero-order chi connectivity index (χ0) is 20.1. The quantitative estimate of drug-likeness (QED) is 0.184. The van der Waals surface area contributed by atoms with Crippen LogP contribution in [0.25, 0.3) is 0 Å². The topological polar surface area (TPSA) is 89.0 Å². The van der Waals surface area contributed by atoms with E-state index in [4.69, 9.17) is 9.47 Å². The Morgan fingerprint density at radius 2 is 2.03 bits per heavy atom. The van der Waals surface area contributed by atoms with Crippen molar-refractivity contribution in [2.24, 2.45) is 4.99 Å². The molecule has 1 saturated heterocycles. The molecule has 1 atom stereocenters. The average Bonchev–Trinajstić information content (AvgIpc) is 3.22. The maximum Gasteiger partial charge on any atom is 0.191 e. The van der Waals surface area contributed by atoms with E-state index in [1.807, 2.05) is 13.0 Å². The Labute approximate surface area is 192 Å². The van der Waals surface area contributed by atoms with E-state index in [2.05, 4.69) is 15.6 Å². The molecule has 1 unspecified atom stereocenters. The van der Waals surface area contributed by atoms with E-state index < -0.39 is 9.84 Å². The standard InChI is InChI=1S/C20H33N3O4S.HI/c1-2-21-20(22-12-7-14-26-17-18-9-6-15-27-18)23-13-8-16-28(24,25)19-10-4-3-5-11-19;/h3-5,10-11,18H,2,6-9,12-17H2,1H3,(H2,21,22,23);1H. The molecule has 2 N–H and O–H groups in total. The van der Waals surface area contributed by atoms with Gasteiger partial charge in [0.05, 0.1) is 23.4 Å². The van der Waals surface area contributed by atoms with Crippen molar-refractivity contribution in [3.05, 3.63) is 30.3 Å². The molecule has 1 heterocycles. The second-order valence-corrected chi connectivity index (χ2v) is 8.85. The molecule has 0 amide bonds. The highest BCUT2D eigenvalue weighted by Gasteiger charge is 2.15. The van der Waals surface area contributed by atoms with Crippen molar-refractivity contribution in [2.45, 2.75) is 43.6 Å². The molecule has 0 bridgehead atoms. The van der Waals surface area contributed by atoms with Crippen molar-refractivity contribution in [3.8, 4) is 0 Å². The molecular weight excluding hydrogens is 505 g/mol. The molecule has 1 fully saturated rings. The predicted molar refractivity (Wildman–Crippen MR) is 127 cm³/mol. The molecule has 7 nitrogen and oxygen atoms in total. The maximum absolute atomic E-state index is 12.3. The third-order valence-electron chi connectivity index (χ3n) is 4.37. The Kier molecular flexibility index (Phi) is 13.5. The molecule has 1 aromatic carbocycles. The van der Waals surface area contributed by atoms with E-state index in [9.17, 15) is 8.42 Å². The molecule has 0 aromatic heterocycles. The Morgan fingerprint density at radius 1 is 1.24 bits per heavy atom. The van der Waals surface area contributed by atoms with Gasteiger partial charge >= 0.3 is 0 Å². The minimum absolute atomic E-state index is 0. The summed E-state index contributed by atoms with van der Waals surface area (Å²) in [6.45, 7) is 6.17. The first-order valence-corrected chi connectivity index (χ1v) is 11.8. The van der Waals surface area contributed by atoms with Gasteiger partial charge in [0.15, 0.2) is 15.8 Å². The molecule has 2 rings (SSSR count). The number of benzene rings is 1. The Morgan fingerprint density at radius 3 is 2.72 bits per heavy atom. The van der Waals surface area contributed by atoms with E-state index in [-0.39, 0.29) is 35.8 Å². The van der Waals surface area contributed by atoms with Crippen LogP contribution in [0.2, 0.25) is 0 Å². The number of nitrogens with zero attached hydrogens (tertiary/aromatic N) is 1. The van der Waals surface area contributed by atoms with Gasteiger partial charge in [0.1, 0.15) is 0 Å². The van der Waals surface area contributed by atoms with Crippen LogP contribution < -0.4 is 10.6 Å². The van der Waals surface area contributed by atoms with Crippen LogP contribution in [-0.4, -0.2) is 65.7 Å². The van der Waals surface area contributed by atoms with Crippen LogP contribution in [0.15, 0.2) is 40.2 Å².